The van der Waals surface area contributed by atoms with Gasteiger partial charge in [0.15, 0.2) is 0 Å². The van der Waals surface area contributed by atoms with Crippen molar-refractivity contribution < 1.29 is 0 Å². The number of hydrogen-bond donors (Lipinski definition) is 2. The van der Waals surface area contributed by atoms with Crippen molar-refractivity contribution in [2.75, 3.05) is 17.2 Å². The Morgan fingerprint density at radius 3 is 2.45 bits per heavy atom. The molecule has 1 heterocycles. The number of nitrogens with one attached hydrogen (secondary N) is 2. The SMILES string of the molecule is CCNc1cc(NC(C)CC2CC2)nc(C(C)(C)C)n1. The summed E-state index contributed by atoms with van der Waals surface area (Å²) in [6.07, 6.45) is 4.03. The maximum absolute atomic E-state index is 4.69. The second-order valence-corrected chi connectivity index (χ2v) is 6.97. The molecule has 0 bridgehead atoms. The fraction of sp³-hybridized carbons (Fsp3) is 0.750. The van der Waals surface area contributed by atoms with E-state index < -0.39 is 0 Å². The van der Waals surface area contributed by atoms with Crippen LogP contribution in [-0.4, -0.2) is 22.6 Å². The molecule has 1 atom stereocenters. The third kappa shape index (κ3) is 4.36. The number of nitrogens with zero attached hydrogens (tertiary/aromatic N) is 2. The summed E-state index contributed by atoms with van der Waals surface area (Å²) >= 11 is 0. The lowest BCUT2D eigenvalue weighted by atomic mass is 9.96. The van der Waals surface area contributed by atoms with Crippen molar-refractivity contribution in [3.8, 4) is 0 Å². The minimum Gasteiger partial charge on any atom is -0.370 e. The Bertz CT molecular complexity index is 446. The minimum absolute atomic E-state index is 0.0401. The summed E-state index contributed by atoms with van der Waals surface area (Å²) in [5.74, 6) is 3.66. The molecule has 4 nitrogen and oxygen atoms in total. The molecule has 1 fully saturated rings. The first-order valence-electron chi connectivity index (χ1n) is 7.78. The molecule has 1 aromatic rings. The van der Waals surface area contributed by atoms with Crippen molar-refractivity contribution in [1.29, 1.82) is 0 Å². The highest BCUT2D eigenvalue weighted by molar-refractivity contribution is 5.48. The van der Waals surface area contributed by atoms with Crippen LogP contribution in [-0.2, 0) is 5.41 Å². The van der Waals surface area contributed by atoms with Crippen molar-refractivity contribution in [3.05, 3.63) is 11.9 Å². The average Bonchev–Trinajstić information content (AvgIpc) is 3.11. The molecule has 0 saturated heterocycles. The second kappa shape index (κ2) is 5.98. The molecule has 0 spiro atoms. The zero-order valence-corrected chi connectivity index (χ0v) is 13.5. The van der Waals surface area contributed by atoms with E-state index in [1.807, 2.05) is 6.07 Å². The fourth-order valence-corrected chi connectivity index (χ4v) is 2.29. The number of anilines is 2. The first-order valence-corrected chi connectivity index (χ1v) is 7.78. The highest BCUT2D eigenvalue weighted by atomic mass is 15.1. The third-order valence-corrected chi connectivity index (χ3v) is 3.53. The van der Waals surface area contributed by atoms with E-state index in [2.05, 4.69) is 50.2 Å². The van der Waals surface area contributed by atoms with Crippen LogP contribution >= 0.6 is 0 Å². The smallest absolute Gasteiger partial charge is 0.138 e. The van der Waals surface area contributed by atoms with E-state index in [4.69, 9.17) is 4.98 Å². The summed E-state index contributed by atoms with van der Waals surface area (Å²) < 4.78 is 0. The van der Waals surface area contributed by atoms with Gasteiger partial charge in [-0.15, -0.1) is 0 Å². The summed E-state index contributed by atoms with van der Waals surface area (Å²) in [6.45, 7) is 11.6. The van der Waals surface area contributed by atoms with Gasteiger partial charge in [-0.05, 0) is 26.2 Å². The fourth-order valence-electron chi connectivity index (χ4n) is 2.29. The second-order valence-electron chi connectivity index (χ2n) is 6.97. The van der Waals surface area contributed by atoms with E-state index in [1.165, 1.54) is 19.3 Å². The Labute approximate surface area is 122 Å². The molecule has 0 aliphatic heterocycles. The van der Waals surface area contributed by atoms with Gasteiger partial charge in [-0.3, -0.25) is 0 Å². The molecule has 1 aliphatic carbocycles. The predicted molar refractivity (Wildman–Crippen MR) is 85.3 cm³/mol. The Kier molecular flexibility index (Phi) is 4.51. The van der Waals surface area contributed by atoms with Gasteiger partial charge in [0.1, 0.15) is 17.5 Å². The van der Waals surface area contributed by atoms with E-state index in [0.717, 1.165) is 29.9 Å². The molecular weight excluding hydrogens is 248 g/mol. The van der Waals surface area contributed by atoms with Crippen LogP contribution in [0.4, 0.5) is 11.6 Å². The Balaban J connectivity index is 2.14. The molecule has 0 aromatic carbocycles. The van der Waals surface area contributed by atoms with Gasteiger partial charge in [-0.2, -0.15) is 0 Å². The molecule has 0 radical (unpaired) electrons. The van der Waals surface area contributed by atoms with E-state index in [-0.39, 0.29) is 5.41 Å². The predicted octanol–water partition coefficient (Wildman–Crippen LogP) is 3.81. The minimum atomic E-state index is -0.0401. The molecule has 0 amide bonds. The van der Waals surface area contributed by atoms with Crippen LogP contribution in [0.5, 0.6) is 0 Å². The summed E-state index contributed by atoms with van der Waals surface area (Å²) in [5.41, 5.74) is -0.0401. The molecule has 1 aliphatic rings. The van der Waals surface area contributed by atoms with Gasteiger partial charge >= 0.3 is 0 Å². The number of rotatable bonds is 6. The molecular formula is C16H28N4. The van der Waals surface area contributed by atoms with Crippen LogP contribution < -0.4 is 10.6 Å². The van der Waals surface area contributed by atoms with E-state index >= 15 is 0 Å². The van der Waals surface area contributed by atoms with E-state index in [0.29, 0.717) is 6.04 Å². The first-order chi connectivity index (χ1) is 9.38. The normalized spacial score (nSPS) is 16.9. The van der Waals surface area contributed by atoms with Crippen LogP contribution in [0, 0.1) is 5.92 Å². The lowest BCUT2D eigenvalue weighted by Crippen LogP contribution is -2.21. The monoisotopic (exact) mass is 276 g/mol. The maximum atomic E-state index is 4.69. The Morgan fingerprint density at radius 2 is 1.90 bits per heavy atom. The standard InChI is InChI=1S/C16H28N4/c1-6-17-13-10-14(18-11(2)9-12-7-8-12)20-15(19-13)16(3,4)5/h10-12H,6-9H2,1-5H3,(H2,17,18,19,20). The Hall–Kier alpha value is -1.32. The highest BCUT2D eigenvalue weighted by Crippen LogP contribution is 2.34. The summed E-state index contributed by atoms with van der Waals surface area (Å²) in [7, 11) is 0. The molecule has 2 rings (SSSR count). The molecule has 2 N–H and O–H groups in total. The van der Waals surface area contributed by atoms with Crippen molar-refractivity contribution in [1.82, 2.24) is 9.97 Å². The maximum Gasteiger partial charge on any atom is 0.138 e. The van der Waals surface area contributed by atoms with Gasteiger partial charge in [0.05, 0.1) is 0 Å². The molecule has 4 heteroatoms. The van der Waals surface area contributed by atoms with Crippen LogP contribution in [0.3, 0.4) is 0 Å². The quantitative estimate of drug-likeness (QED) is 0.829. The number of hydrogen-bond acceptors (Lipinski definition) is 4. The molecule has 1 aromatic heterocycles. The van der Waals surface area contributed by atoms with Crippen LogP contribution in [0.1, 0.15) is 59.7 Å². The Morgan fingerprint density at radius 1 is 1.25 bits per heavy atom. The van der Waals surface area contributed by atoms with E-state index in [9.17, 15) is 0 Å². The lowest BCUT2D eigenvalue weighted by molar-refractivity contribution is 0.545. The van der Waals surface area contributed by atoms with Gasteiger partial charge < -0.3 is 10.6 Å². The zero-order valence-electron chi connectivity index (χ0n) is 13.5. The number of aromatic nitrogens is 2. The highest BCUT2D eigenvalue weighted by Gasteiger charge is 2.24. The summed E-state index contributed by atoms with van der Waals surface area (Å²) in [6, 6.07) is 2.49. The average molecular weight is 276 g/mol. The van der Waals surface area contributed by atoms with Gasteiger partial charge in [0.2, 0.25) is 0 Å². The van der Waals surface area contributed by atoms with Crippen molar-refractivity contribution in [3.63, 3.8) is 0 Å². The third-order valence-electron chi connectivity index (χ3n) is 3.53. The zero-order chi connectivity index (χ0) is 14.8. The van der Waals surface area contributed by atoms with Gasteiger partial charge in [0.25, 0.3) is 0 Å². The van der Waals surface area contributed by atoms with Gasteiger partial charge in [-0.1, -0.05) is 33.6 Å². The largest absolute Gasteiger partial charge is 0.370 e. The topological polar surface area (TPSA) is 49.8 Å². The van der Waals surface area contributed by atoms with Crippen LogP contribution in [0.2, 0.25) is 0 Å². The van der Waals surface area contributed by atoms with Crippen molar-refractivity contribution in [2.45, 2.75) is 65.3 Å². The first kappa shape index (κ1) is 15.1. The summed E-state index contributed by atoms with van der Waals surface area (Å²) in [5, 5.41) is 6.83. The molecule has 1 saturated carbocycles. The lowest BCUT2D eigenvalue weighted by Gasteiger charge is -2.21. The van der Waals surface area contributed by atoms with E-state index in [1.54, 1.807) is 0 Å². The summed E-state index contributed by atoms with van der Waals surface area (Å²) in [4.78, 5) is 9.31. The van der Waals surface area contributed by atoms with Crippen molar-refractivity contribution in [2.24, 2.45) is 5.92 Å². The van der Waals surface area contributed by atoms with Gasteiger partial charge in [-0.25, -0.2) is 9.97 Å². The molecule has 112 valence electrons. The van der Waals surface area contributed by atoms with Crippen molar-refractivity contribution >= 4 is 11.6 Å². The van der Waals surface area contributed by atoms with Crippen LogP contribution in [0.15, 0.2) is 6.07 Å². The van der Waals surface area contributed by atoms with Gasteiger partial charge in [0, 0.05) is 24.1 Å². The molecule has 20 heavy (non-hydrogen) atoms. The van der Waals surface area contributed by atoms with Crippen LogP contribution in [0.25, 0.3) is 0 Å². The molecule has 1 unspecified atom stereocenters.